The number of unbranched alkanes of at least 4 members (excludes halogenated alkanes) is 3. The third-order valence-corrected chi connectivity index (χ3v) is 7.03. The lowest BCUT2D eigenvalue weighted by Gasteiger charge is -2.48. The van der Waals surface area contributed by atoms with Gasteiger partial charge in [-0.2, -0.15) is 0 Å². The maximum absolute atomic E-state index is 12.9. The van der Waals surface area contributed by atoms with Crippen LogP contribution in [0.3, 0.4) is 0 Å². The van der Waals surface area contributed by atoms with Gasteiger partial charge in [-0.25, -0.2) is 0 Å². The van der Waals surface area contributed by atoms with Crippen LogP contribution >= 0.6 is 11.8 Å². The highest BCUT2D eigenvalue weighted by atomic mass is 32.2. The van der Waals surface area contributed by atoms with E-state index in [-0.39, 0.29) is 23.7 Å². The zero-order valence-corrected chi connectivity index (χ0v) is 14.8. The van der Waals surface area contributed by atoms with Gasteiger partial charge in [-0.3, -0.25) is 14.5 Å². The summed E-state index contributed by atoms with van der Waals surface area (Å²) in [7, 11) is 1.64. The molecule has 0 aromatic heterocycles. The first-order valence-corrected chi connectivity index (χ1v) is 9.62. The number of likely N-dealkylation sites (tertiary alicyclic amines) is 1. The van der Waals surface area contributed by atoms with Gasteiger partial charge in [0, 0.05) is 13.0 Å². The number of hydrogen-bond donors (Lipinski definition) is 0. The molecule has 0 N–H and O–H groups in total. The van der Waals surface area contributed by atoms with E-state index >= 15 is 0 Å². The third-order valence-electron chi connectivity index (χ3n) is 5.32. The number of nitrogens with zero attached hydrogens (tertiary/aromatic N) is 1. The summed E-state index contributed by atoms with van der Waals surface area (Å²) in [5.74, 6) is 1.05. The number of carbonyl (C=O) groups is 2. The zero-order chi connectivity index (χ0) is 16.4. The van der Waals surface area contributed by atoms with Gasteiger partial charge in [0.25, 0.3) is 0 Å². The number of benzene rings is 1. The lowest BCUT2D eigenvalue weighted by molar-refractivity contribution is -0.137. The van der Waals surface area contributed by atoms with E-state index in [1.54, 1.807) is 18.8 Å². The van der Waals surface area contributed by atoms with Crippen LogP contribution in [0.1, 0.15) is 50.5 Å². The largest absolute Gasteiger partial charge is 0.284 e. The molecule has 4 heteroatoms. The number of hydrogen-bond acceptors (Lipinski definition) is 3. The second kappa shape index (κ2) is 6.68. The van der Waals surface area contributed by atoms with E-state index in [0.717, 1.165) is 18.6 Å². The minimum absolute atomic E-state index is 0.0169. The average Bonchev–Trinajstić information content (AvgIpc) is 2.68. The second-order valence-electron chi connectivity index (χ2n) is 6.66. The highest BCUT2D eigenvalue weighted by Crippen LogP contribution is 2.62. The predicted octanol–water partition coefficient (Wildman–Crippen LogP) is 3.84. The summed E-state index contributed by atoms with van der Waals surface area (Å²) in [5, 5.41) is 0. The molecule has 1 aromatic rings. The van der Waals surface area contributed by atoms with Crippen LogP contribution in [0.15, 0.2) is 30.3 Å². The van der Waals surface area contributed by atoms with Gasteiger partial charge in [0.1, 0.15) is 4.75 Å². The number of thioether (sulfide) groups is 1. The van der Waals surface area contributed by atoms with E-state index in [9.17, 15) is 9.59 Å². The van der Waals surface area contributed by atoms with Crippen molar-refractivity contribution >= 4 is 23.6 Å². The second-order valence-corrected chi connectivity index (χ2v) is 8.03. The molecular formula is C19H25NO2S. The molecule has 3 nitrogen and oxygen atoms in total. The molecule has 0 spiro atoms. The molecule has 2 aliphatic rings. The van der Waals surface area contributed by atoms with Gasteiger partial charge < -0.3 is 0 Å². The van der Waals surface area contributed by atoms with Crippen molar-refractivity contribution in [3.63, 3.8) is 0 Å². The van der Waals surface area contributed by atoms with Crippen molar-refractivity contribution in [2.75, 3.05) is 12.8 Å². The number of rotatable bonds is 7. The Morgan fingerprint density at radius 2 is 1.87 bits per heavy atom. The van der Waals surface area contributed by atoms with Crippen LogP contribution < -0.4 is 0 Å². The summed E-state index contributed by atoms with van der Waals surface area (Å²) in [4.78, 5) is 26.6. The molecule has 2 fully saturated rings. The molecule has 3 atom stereocenters. The van der Waals surface area contributed by atoms with Crippen molar-refractivity contribution in [1.29, 1.82) is 0 Å². The molecule has 0 bridgehead atoms. The van der Waals surface area contributed by atoms with Crippen LogP contribution in [0.25, 0.3) is 0 Å². The number of imide groups is 1. The van der Waals surface area contributed by atoms with Gasteiger partial charge in [0.15, 0.2) is 0 Å². The van der Waals surface area contributed by atoms with Crippen molar-refractivity contribution in [3.05, 3.63) is 35.9 Å². The molecule has 0 radical (unpaired) electrons. The molecule has 3 rings (SSSR count). The maximum Gasteiger partial charge on any atom is 0.246 e. The maximum atomic E-state index is 12.9. The molecule has 23 heavy (non-hydrogen) atoms. The standard InChI is InChI=1S/C19H25NO2S/c1-3-4-5-9-12-23-19-15(14-10-7-6-8-11-14)13-16(19)17(21)20(2)18(19)22/h6-8,10-11,15-16H,3-5,9,12-13H2,1-2H3/t15-,16-,19+/m1/s1. The monoisotopic (exact) mass is 331 g/mol. The van der Waals surface area contributed by atoms with Crippen LogP contribution in [-0.2, 0) is 9.59 Å². The first-order chi connectivity index (χ1) is 11.1. The molecular weight excluding hydrogens is 306 g/mol. The molecule has 124 valence electrons. The first-order valence-electron chi connectivity index (χ1n) is 8.63. The van der Waals surface area contributed by atoms with Gasteiger partial charge in [0.05, 0.1) is 5.92 Å². The molecule has 1 aromatic carbocycles. The summed E-state index contributed by atoms with van der Waals surface area (Å²) in [6.45, 7) is 2.20. The SMILES string of the molecule is CCCCCCS[C@]12C(=O)N(C)C(=O)[C@H]1C[C@@H]2c1ccccc1. The van der Waals surface area contributed by atoms with Crippen LogP contribution in [-0.4, -0.2) is 34.3 Å². The molecule has 1 saturated heterocycles. The normalized spacial score (nSPS) is 29.6. The van der Waals surface area contributed by atoms with Gasteiger partial charge in [-0.15, -0.1) is 11.8 Å². The summed E-state index contributed by atoms with van der Waals surface area (Å²) in [5.41, 5.74) is 1.20. The quantitative estimate of drug-likeness (QED) is 0.563. The third kappa shape index (κ3) is 2.61. The zero-order valence-electron chi connectivity index (χ0n) is 14.0. The van der Waals surface area contributed by atoms with Gasteiger partial charge >= 0.3 is 0 Å². The van der Waals surface area contributed by atoms with Crippen LogP contribution in [0, 0.1) is 5.92 Å². The number of fused-ring (bicyclic) bond motifs is 1. The Labute approximate surface area is 142 Å². The van der Waals surface area contributed by atoms with E-state index < -0.39 is 4.75 Å². The van der Waals surface area contributed by atoms with Gasteiger partial charge in [-0.1, -0.05) is 56.5 Å². The number of carbonyl (C=O) groups excluding carboxylic acids is 2. The van der Waals surface area contributed by atoms with Crippen LogP contribution in [0.2, 0.25) is 0 Å². The van der Waals surface area contributed by atoms with Gasteiger partial charge in [-0.05, 0) is 24.2 Å². The van der Waals surface area contributed by atoms with Crippen molar-refractivity contribution in [2.24, 2.45) is 5.92 Å². The summed E-state index contributed by atoms with van der Waals surface area (Å²) in [6.07, 6.45) is 5.59. The highest BCUT2D eigenvalue weighted by Gasteiger charge is 2.69. The minimum atomic E-state index is -0.542. The molecule has 0 unspecified atom stereocenters. The van der Waals surface area contributed by atoms with E-state index in [1.807, 2.05) is 18.2 Å². The molecule has 1 saturated carbocycles. The average molecular weight is 331 g/mol. The fraction of sp³-hybridized carbons (Fsp3) is 0.579. The van der Waals surface area contributed by atoms with Crippen LogP contribution in [0.4, 0.5) is 0 Å². The Balaban J connectivity index is 1.80. The molecule has 1 aliphatic carbocycles. The van der Waals surface area contributed by atoms with Crippen molar-refractivity contribution in [1.82, 2.24) is 4.90 Å². The van der Waals surface area contributed by atoms with E-state index in [0.29, 0.717) is 0 Å². The van der Waals surface area contributed by atoms with Crippen LogP contribution in [0.5, 0.6) is 0 Å². The Morgan fingerprint density at radius 3 is 2.52 bits per heavy atom. The molecule has 1 aliphatic heterocycles. The van der Waals surface area contributed by atoms with E-state index in [2.05, 4.69) is 19.1 Å². The van der Waals surface area contributed by atoms with E-state index in [1.165, 1.54) is 29.7 Å². The Hall–Kier alpha value is -1.29. The number of amides is 2. The predicted molar refractivity (Wildman–Crippen MR) is 94.4 cm³/mol. The molecule has 2 amide bonds. The Morgan fingerprint density at radius 1 is 1.13 bits per heavy atom. The van der Waals surface area contributed by atoms with Crippen molar-refractivity contribution < 1.29 is 9.59 Å². The summed E-state index contributed by atoms with van der Waals surface area (Å²) in [6, 6.07) is 10.2. The van der Waals surface area contributed by atoms with Crippen molar-refractivity contribution in [3.8, 4) is 0 Å². The fourth-order valence-corrected chi connectivity index (χ4v) is 5.73. The summed E-state index contributed by atoms with van der Waals surface area (Å²) < 4.78 is -0.542. The van der Waals surface area contributed by atoms with Gasteiger partial charge in [0.2, 0.25) is 11.8 Å². The first kappa shape index (κ1) is 16.6. The lowest BCUT2D eigenvalue weighted by Crippen LogP contribution is -2.54. The Bertz CT molecular complexity index is 588. The minimum Gasteiger partial charge on any atom is -0.284 e. The summed E-state index contributed by atoms with van der Waals surface area (Å²) >= 11 is 1.74. The topological polar surface area (TPSA) is 37.4 Å². The molecule has 1 heterocycles. The van der Waals surface area contributed by atoms with Crippen molar-refractivity contribution in [2.45, 2.75) is 49.7 Å². The lowest BCUT2D eigenvalue weighted by atomic mass is 9.62. The fourth-order valence-electron chi connectivity index (χ4n) is 3.95. The van der Waals surface area contributed by atoms with E-state index in [4.69, 9.17) is 0 Å². The highest BCUT2D eigenvalue weighted by molar-refractivity contribution is 8.01. The Kier molecular flexibility index (Phi) is 4.81. The smallest absolute Gasteiger partial charge is 0.246 e.